The second kappa shape index (κ2) is 8.00. The number of carboxylic acid groups (broad SMARTS) is 1. The molecule has 3 heterocycles. The first kappa shape index (κ1) is 19.8. The number of ether oxygens (including phenoxy) is 2. The molecule has 1 atom stereocenters. The zero-order valence-corrected chi connectivity index (χ0v) is 17.6. The molecule has 27 heavy (non-hydrogen) atoms. The van der Waals surface area contributed by atoms with E-state index in [4.69, 9.17) is 14.5 Å². The van der Waals surface area contributed by atoms with Crippen molar-refractivity contribution in [2.24, 2.45) is 0 Å². The number of fused-ring (bicyclic) bond motifs is 1. The minimum atomic E-state index is -1.14. The number of nitrogens with zero attached hydrogens (tertiary/aromatic N) is 3. The fourth-order valence-corrected chi connectivity index (χ4v) is 3.94. The Balaban J connectivity index is 1.88. The lowest BCUT2D eigenvalue weighted by Gasteiger charge is -2.34. The third-order valence-electron chi connectivity index (χ3n) is 4.84. The van der Waals surface area contributed by atoms with Gasteiger partial charge >= 0.3 is 5.97 Å². The van der Waals surface area contributed by atoms with E-state index in [0.717, 1.165) is 6.04 Å². The Morgan fingerprint density at radius 2 is 2.22 bits per heavy atom. The molecular formula is C19H29N3O4Si. The quantitative estimate of drug-likeness (QED) is 0.577. The summed E-state index contributed by atoms with van der Waals surface area (Å²) >= 11 is 0. The third kappa shape index (κ3) is 4.69. The Kier molecular flexibility index (Phi) is 5.88. The zero-order chi connectivity index (χ0) is 19.6. The molecule has 0 saturated carbocycles. The van der Waals surface area contributed by atoms with E-state index in [9.17, 15) is 9.90 Å². The summed E-state index contributed by atoms with van der Waals surface area (Å²) in [6.07, 6.45) is 1.85. The Hall–Kier alpha value is -1.90. The average molecular weight is 392 g/mol. The van der Waals surface area contributed by atoms with E-state index in [-0.39, 0.29) is 11.6 Å². The van der Waals surface area contributed by atoms with Crippen LogP contribution in [0.3, 0.4) is 0 Å². The van der Waals surface area contributed by atoms with E-state index in [2.05, 4.69) is 31.5 Å². The lowest BCUT2D eigenvalue weighted by molar-refractivity contribution is 0.0698. The maximum absolute atomic E-state index is 11.8. The molecule has 1 fully saturated rings. The molecule has 1 saturated heterocycles. The van der Waals surface area contributed by atoms with Crippen molar-refractivity contribution in [3.05, 3.63) is 23.9 Å². The van der Waals surface area contributed by atoms with Crippen LogP contribution in [-0.4, -0.2) is 61.1 Å². The lowest BCUT2D eigenvalue weighted by Crippen LogP contribution is -2.44. The maximum atomic E-state index is 11.8. The van der Waals surface area contributed by atoms with Gasteiger partial charge in [-0.2, -0.15) is 0 Å². The van der Waals surface area contributed by atoms with E-state index in [1.807, 2.05) is 10.8 Å². The molecule has 1 aliphatic heterocycles. The van der Waals surface area contributed by atoms with Crippen molar-refractivity contribution in [2.45, 2.75) is 45.4 Å². The number of rotatable bonds is 7. The summed E-state index contributed by atoms with van der Waals surface area (Å²) < 4.78 is 13.2. The van der Waals surface area contributed by atoms with Crippen LogP contribution in [-0.2, 0) is 16.2 Å². The van der Waals surface area contributed by atoms with Crippen LogP contribution < -0.4 is 4.90 Å². The van der Waals surface area contributed by atoms with Crippen LogP contribution in [0.2, 0.25) is 25.7 Å². The number of carboxylic acids is 1. The minimum Gasteiger partial charge on any atom is -0.478 e. The van der Waals surface area contributed by atoms with Crippen molar-refractivity contribution in [3.8, 4) is 0 Å². The van der Waals surface area contributed by atoms with Crippen molar-refractivity contribution in [1.82, 2.24) is 9.55 Å². The van der Waals surface area contributed by atoms with Crippen molar-refractivity contribution in [1.29, 1.82) is 0 Å². The fraction of sp³-hybridized carbons (Fsp3) is 0.579. The molecular weight excluding hydrogens is 362 g/mol. The van der Waals surface area contributed by atoms with E-state index >= 15 is 0 Å². The lowest BCUT2D eigenvalue weighted by atomic mass is 10.1. The van der Waals surface area contributed by atoms with Crippen LogP contribution in [0.15, 0.2) is 18.3 Å². The molecule has 0 radical (unpaired) electrons. The molecule has 1 unspecified atom stereocenters. The van der Waals surface area contributed by atoms with Crippen LogP contribution >= 0.6 is 0 Å². The first-order chi connectivity index (χ1) is 12.8. The molecule has 1 aliphatic rings. The molecule has 3 rings (SSSR count). The summed E-state index contributed by atoms with van der Waals surface area (Å²) in [4.78, 5) is 18.7. The van der Waals surface area contributed by atoms with Crippen LogP contribution in [0.5, 0.6) is 0 Å². The van der Waals surface area contributed by atoms with Gasteiger partial charge in [-0.05, 0) is 25.1 Å². The zero-order valence-electron chi connectivity index (χ0n) is 16.6. The molecule has 0 amide bonds. The largest absolute Gasteiger partial charge is 0.478 e. The second-order valence-corrected chi connectivity index (χ2v) is 13.9. The highest BCUT2D eigenvalue weighted by atomic mass is 28.3. The number of carbonyl (C=O) groups is 1. The molecule has 0 aromatic carbocycles. The Labute approximate surface area is 160 Å². The van der Waals surface area contributed by atoms with Gasteiger partial charge in [-0.1, -0.05) is 19.6 Å². The number of hydrogen-bond acceptors (Lipinski definition) is 5. The van der Waals surface area contributed by atoms with Crippen LogP contribution in [0.1, 0.15) is 17.3 Å². The van der Waals surface area contributed by atoms with Crippen LogP contribution in [0.25, 0.3) is 11.0 Å². The molecule has 0 spiro atoms. The summed E-state index contributed by atoms with van der Waals surface area (Å²) in [6.45, 7) is 12.0. The highest BCUT2D eigenvalue weighted by Crippen LogP contribution is 2.26. The topological polar surface area (TPSA) is 76.8 Å². The molecule has 0 bridgehead atoms. The van der Waals surface area contributed by atoms with Gasteiger partial charge in [-0.15, -0.1) is 0 Å². The van der Waals surface area contributed by atoms with Gasteiger partial charge in [-0.25, -0.2) is 9.78 Å². The number of hydrogen-bond donors (Lipinski definition) is 1. The Bertz CT molecular complexity index is 815. The predicted molar refractivity (Wildman–Crippen MR) is 108 cm³/mol. The van der Waals surface area contributed by atoms with E-state index < -0.39 is 14.0 Å². The van der Waals surface area contributed by atoms with Gasteiger partial charge in [0.15, 0.2) is 0 Å². The van der Waals surface area contributed by atoms with E-state index in [1.54, 1.807) is 12.1 Å². The fourth-order valence-electron chi connectivity index (χ4n) is 3.18. The van der Waals surface area contributed by atoms with Gasteiger partial charge in [0.25, 0.3) is 0 Å². The van der Waals surface area contributed by atoms with Gasteiger partial charge in [0, 0.05) is 32.8 Å². The summed E-state index contributed by atoms with van der Waals surface area (Å²) in [6, 6.07) is 4.72. The standard InChI is InChI=1S/C19H29N3O4Si/c1-14-12-25-8-7-22(14)17-11-16(19(23)24)15-5-6-21(18(15)20-17)13-26-9-10-27(2,3)4/h5-6,11,14H,7-10,12-13H2,1-4H3,(H,23,24). The second-order valence-electron chi connectivity index (χ2n) is 8.32. The number of pyridine rings is 1. The SMILES string of the molecule is CC1COCCN1c1cc(C(=O)O)c2ccn(COCC[Si](C)(C)C)c2n1. The minimum absolute atomic E-state index is 0.154. The number of aromatic nitrogens is 2. The van der Waals surface area contributed by atoms with Crippen molar-refractivity contribution < 1.29 is 19.4 Å². The van der Waals surface area contributed by atoms with Gasteiger partial charge in [0.2, 0.25) is 0 Å². The Morgan fingerprint density at radius 1 is 1.44 bits per heavy atom. The highest BCUT2D eigenvalue weighted by Gasteiger charge is 2.23. The number of aromatic carboxylic acids is 1. The molecule has 2 aromatic rings. The summed E-state index contributed by atoms with van der Waals surface area (Å²) in [7, 11) is -1.14. The summed E-state index contributed by atoms with van der Waals surface area (Å²) in [5.41, 5.74) is 0.922. The molecule has 8 heteroatoms. The maximum Gasteiger partial charge on any atom is 0.336 e. The molecule has 0 aliphatic carbocycles. The van der Waals surface area contributed by atoms with Crippen molar-refractivity contribution in [2.75, 3.05) is 31.3 Å². The van der Waals surface area contributed by atoms with Crippen molar-refractivity contribution in [3.63, 3.8) is 0 Å². The Morgan fingerprint density at radius 3 is 2.89 bits per heavy atom. The van der Waals surface area contributed by atoms with Gasteiger partial charge < -0.3 is 24.0 Å². The first-order valence-corrected chi connectivity index (χ1v) is 13.1. The number of anilines is 1. The normalized spacial score (nSPS) is 18.2. The van der Waals surface area contributed by atoms with Gasteiger partial charge in [0.1, 0.15) is 18.2 Å². The monoisotopic (exact) mass is 391 g/mol. The first-order valence-electron chi connectivity index (χ1n) is 9.41. The smallest absolute Gasteiger partial charge is 0.336 e. The predicted octanol–water partition coefficient (Wildman–Crippen LogP) is 3.27. The summed E-state index contributed by atoms with van der Waals surface area (Å²) in [5.74, 6) is -0.264. The average Bonchev–Trinajstić information content (AvgIpc) is 3.00. The molecule has 1 N–H and O–H groups in total. The number of morpholine rings is 1. The van der Waals surface area contributed by atoms with Gasteiger partial charge in [0.05, 0.1) is 24.8 Å². The van der Waals surface area contributed by atoms with Crippen LogP contribution in [0.4, 0.5) is 5.82 Å². The third-order valence-corrected chi connectivity index (χ3v) is 6.54. The van der Waals surface area contributed by atoms with Crippen LogP contribution in [0, 0.1) is 0 Å². The molecule has 2 aromatic heterocycles. The van der Waals surface area contributed by atoms with E-state index in [0.29, 0.717) is 49.9 Å². The van der Waals surface area contributed by atoms with Crippen molar-refractivity contribution >= 4 is 30.9 Å². The van der Waals surface area contributed by atoms with Gasteiger partial charge in [-0.3, -0.25) is 0 Å². The van der Waals surface area contributed by atoms with E-state index in [1.165, 1.54) is 0 Å². The molecule has 7 nitrogen and oxygen atoms in total. The molecule has 148 valence electrons. The highest BCUT2D eigenvalue weighted by molar-refractivity contribution is 6.76. The summed E-state index contributed by atoms with van der Waals surface area (Å²) in [5, 5.41) is 10.3.